The number of nitrogens with two attached hydrogens (primary N) is 1. The molecule has 1 aromatic carbocycles. The summed E-state index contributed by atoms with van der Waals surface area (Å²) in [6.45, 7) is 2.42. The van der Waals surface area contributed by atoms with Gasteiger partial charge in [-0.25, -0.2) is 4.79 Å². The van der Waals surface area contributed by atoms with Crippen LogP contribution in [0.3, 0.4) is 0 Å². The zero-order valence-corrected chi connectivity index (χ0v) is 14.7. The number of benzene rings is 1. The molecule has 0 radical (unpaired) electrons. The summed E-state index contributed by atoms with van der Waals surface area (Å²) < 4.78 is 10.3. The number of hydrogen-bond acceptors (Lipinski definition) is 7. The fourth-order valence-corrected chi connectivity index (χ4v) is 3.40. The second-order valence-electron chi connectivity index (χ2n) is 6.80. The topological polar surface area (TPSA) is 111 Å². The second-order valence-corrected chi connectivity index (χ2v) is 6.80. The first-order valence-corrected chi connectivity index (χ1v) is 8.74. The zero-order chi connectivity index (χ0) is 18.7. The third-order valence-corrected chi connectivity index (χ3v) is 4.93. The first-order chi connectivity index (χ1) is 12.4. The molecule has 0 saturated carbocycles. The number of aliphatic hydroxyl groups is 1. The lowest BCUT2D eigenvalue weighted by Crippen LogP contribution is -2.53. The van der Waals surface area contributed by atoms with E-state index in [1.807, 2.05) is 12.1 Å². The van der Waals surface area contributed by atoms with Crippen LogP contribution in [0.1, 0.15) is 25.3 Å². The Morgan fingerprint density at radius 2 is 2.00 bits per heavy atom. The van der Waals surface area contributed by atoms with Crippen molar-refractivity contribution < 1.29 is 24.2 Å². The number of nitrogen functional groups attached to an aromatic ring is 1. The van der Waals surface area contributed by atoms with Crippen molar-refractivity contribution in [3.63, 3.8) is 0 Å². The molecule has 0 bridgehead atoms. The first kappa shape index (κ1) is 18.4. The minimum Gasteiger partial charge on any atom is -0.435 e. The molecule has 1 aliphatic heterocycles. The zero-order valence-electron chi connectivity index (χ0n) is 14.7. The van der Waals surface area contributed by atoms with Gasteiger partial charge >= 0.3 is 5.97 Å². The Morgan fingerprint density at radius 3 is 2.58 bits per heavy atom. The van der Waals surface area contributed by atoms with E-state index in [1.165, 1.54) is 13.0 Å². The average Bonchev–Trinajstić information content (AvgIpc) is 2.62. The van der Waals surface area contributed by atoms with Crippen LogP contribution in [-0.4, -0.2) is 42.4 Å². The number of rotatable bonds is 6. The molecule has 2 aliphatic rings. The molecular weight excluding hydrogens is 336 g/mol. The van der Waals surface area contributed by atoms with Crippen LogP contribution in [0.15, 0.2) is 36.0 Å². The van der Waals surface area contributed by atoms with Crippen LogP contribution in [0.4, 0.5) is 5.69 Å². The maximum Gasteiger partial charge on any atom is 0.331 e. The number of allylic oxidation sites excluding steroid dienone is 2. The van der Waals surface area contributed by atoms with Gasteiger partial charge in [-0.15, -0.1) is 0 Å². The Labute approximate surface area is 152 Å². The molecule has 3 rings (SSSR count). The van der Waals surface area contributed by atoms with Crippen molar-refractivity contribution in [2.75, 3.05) is 18.9 Å². The van der Waals surface area contributed by atoms with Crippen LogP contribution >= 0.6 is 0 Å². The van der Waals surface area contributed by atoms with Crippen LogP contribution in [-0.2, 0) is 25.5 Å². The van der Waals surface area contributed by atoms with Gasteiger partial charge in [-0.2, -0.15) is 0 Å². The summed E-state index contributed by atoms with van der Waals surface area (Å²) in [4.78, 5) is 24.6. The molecule has 26 heavy (non-hydrogen) atoms. The molecule has 0 amide bonds. The standard InChI is InChI=1S/C19H24N2O5/c1-12(22)26-18(24)15(10-13-2-4-14(20)5-3-13)21-16-11-17(23)19(16)6-8-25-9-7-19/h2-5,11-12,15,21-22H,6-10,20H2,1H3. The largest absolute Gasteiger partial charge is 0.435 e. The second kappa shape index (κ2) is 7.47. The van der Waals surface area contributed by atoms with E-state index in [0.29, 0.717) is 38.2 Å². The average molecular weight is 360 g/mol. The minimum atomic E-state index is -1.20. The third-order valence-electron chi connectivity index (χ3n) is 4.93. The van der Waals surface area contributed by atoms with Gasteiger partial charge in [-0.3, -0.25) is 4.79 Å². The van der Waals surface area contributed by atoms with Crippen molar-refractivity contribution in [3.05, 3.63) is 41.6 Å². The van der Waals surface area contributed by atoms with Gasteiger partial charge in [0.25, 0.3) is 0 Å². The number of carbonyl (C=O) groups excluding carboxylic acids is 2. The van der Waals surface area contributed by atoms with Crippen LogP contribution in [0.25, 0.3) is 0 Å². The maximum atomic E-state index is 12.4. The lowest BCUT2D eigenvalue weighted by Gasteiger charge is -2.44. The minimum absolute atomic E-state index is 0.0680. The number of ether oxygens (including phenoxy) is 2. The van der Waals surface area contributed by atoms with E-state index in [9.17, 15) is 14.7 Å². The summed E-state index contributed by atoms with van der Waals surface area (Å²) in [6, 6.07) is 6.48. The smallest absolute Gasteiger partial charge is 0.331 e. The monoisotopic (exact) mass is 360 g/mol. The van der Waals surface area contributed by atoms with Crippen molar-refractivity contribution >= 4 is 17.4 Å². The molecule has 1 fully saturated rings. The van der Waals surface area contributed by atoms with Crippen LogP contribution in [0.5, 0.6) is 0 Å². The number of anilines is 1. The number of aliphatic hydroxyl groups excluding tert-OH is 1. The summed E-state index contributed by atoms with van der Waals surface area (Å²) in [5, 5.41) is 12.6. The maximum absolute atomic E-state index is 12.4. The fourth-order valence-electron chi connectivity index (χ4n) is 3.40. The Morgan fingerprint density at radius 1 is 1.35 bits per heavy atom. The van der Waals surface area contributed by atoms with Crippen molar-refractivity contribution in [3.8, 4) is 0 Å². The molecule has 1 saturated heterocycles. The van der Waals surface area contributed by atoms with Crippen LogP contribution in [0, 0.1) is 5.41 Å². The van der Waals surface area contributed by atoms with Gasteiger partial charge in [-0.1, -0.05) is 12.1 Å². The Kier molecular flexibility index (Phi) is 5.29. The SMILES string of the molecule is CC(O)OC(=O)C(Cc1ccc(N)cc1)NC1=CC(=O)C12CCOCC2. The molecule has 7 heteroatoms. The molecule has 2 atom stereocenters. The Hall–Kier alpha value is -2.38. The van der Waals surface area contributed by atoms with Crippen molar-refractivity contribution in [1.29, 1.82) is 0 Å². The van der Waals surface area contributed by atoms with Crippen molar-refractivity contribution in [2.45, 2.75) is 38.5 Å². The van der Waals surface area contributed by atoms with Crippen molar-refractivity contribution in [2.24, 2.45) is 5.41 Å². The molecule has 7 nitrogen and oxygen atoms in total. The summed E-state index contributed by atoms with van der Waals surface area (Å²) in [5.41, 5.74) is 7.40. The van der Waals surface area contributed by atoms with Crippen LogP contribution < -0.4 is 11.1 Å². The molecule has 1 spiro atoms. The number of hydrogen-bond donors (Lipinski definition) is 3. The lowest BCUT2D eigenvalue weighted by molar-refractivity contribution is -0.167. The highest BCUT2D eigenvalue weighted by molar-refractivity contribution is 6.05. The summed E-state index contributed by atoms with van der Waals surface area (Å²) in [5.74, 6) is -0.502. The van der Waals surface area contributed by atoms with Gasteiger partial charge in [-0.05, 0) is 37.5 Å². The van der Waals surface area contributed by atoms with E-state index >= 15 is 0 Å². The predicted molar refractivity (Wildman–Crippen MR) is 94.8 cm³/mol. The molecule has 1 heterocycles. The first-order valence-electron chi connectivity index (χ1n) is 8.74. The number of ketones is 1. The van der Waals surface area contributed by atoms with Gasteiger partial charge in [0.1, 0.15) is 6.04 Å². The predicted octanol–water partition coefficient (Wildman–Crippen LogP) is 0.914. The summed E-state index contributed by atoms with van der Waals surface area (Å²) in [7, 11) is 0. The molecule has 140 valence electrons. The van der Waals surface area contributed by atoms with Crippen LogP contribution in [0.2, 0.25) is 0 Å². The molecule has 1 aliphatic carbocycles. The van der Waals surface area contributed by atoms with E-state index < -0.39 is 23.7 Å². The van der Waals surface area contributed by atoms with Gasteiger partial charge < -0.3 is 25.6 Å². The van der Waals surface area contributed by atoms with E-state index in [0.717, 1.165) is 11.3 Å². The normalized spacial score (nSPS) is 20.7. The molecular formula is C19H24N2O5. The van der Waals surface area contributed by atoms with E-state index in [2.05, 4.69) is 5.32 Å². The highest BCUT2D eigenvalue weighted by atomic mass is 16.6. The van der Waals surface area contributed by atoms with Gasteiger partial charge in [0.15, 0.2) is 12.1 Å². The third kappa shape index (κ3) is 3.73. The van der Waals surface area contributed by atoms with E-state index in [-0.39, 0.29) is 5.78 Å². The van der Waals surface area contributed by atoms with E-state index in [1.54, 1.807) is 12.1 Å². The molecule has 0 aromatic heterocycles. The number of carbonyl (C=O) groups is 2. The van der Waals surface area contributed by atoms with Crippen molar-refractivity contribution in [1.82, 2.24) is 5.32 Å². The van der Waals surface area contributed by atoms with Gasteiger partial charge in [0.05, 0.1) is 5.41 Å². The molecule has 4 N–H and O–H groups in total. The van der Waals surface area contributed by atoms with E-state index in [4.69, 9.17) is 15.2 Å². The summed E-state index contributed by atoms with van der Waals surface area (Å²) >= 11 is 0. The number of nitrogens with one attached hydrogen (secondary N) is 1. The van der Waals surface area contributed by atoms with Gasteiger partial charge in [0.2, 0.25) is 0 Å². The molecule has 2 unspecified atom stereocenters. The number of esters is 1. The summed E-state index contributed by atoms with van der Waals surface area (Å²) in [6.07, 6.45) is 1.89. The highest BCUT2D eigenvalue weighted by Gasteiger charge is 2.49. The fraction of sp³-hybridized carbons (Fsp3) is 0.474. The van der Waals surface area contributed by atoms with Gasteiger partial charge in [0, 0.05) is 37.1 Å². The Balaban J connectivity index is 1.77. The molecule has 1 aromatic rings. The quantitative estimate of drug-likeness (QED) is 0.393. The Bertz CT molecular complexity index is 705. The highest BCUT2D eigenvalue weighted by Crippen LogP contribution is 2.44. The lowest BCUT2D eigenvalue weighted by atomic mass is 9.66.